The van der Waals surface area contributed by atoms with Crippen molar-refractivity contribution >= 4 is 38.9 Å². The Labute approximate surface area is 225 Å². The van der Waals surface area contributed by atoms with E-state index in [1.165, 1.54) is 12.8 Å². The average molecular weight is 540 g/mol. The molecule has 10 heteroatoms. The molecule has 2 N–H and O–H groups in total. The van der Waals surface area contributed by atoms with Crippen molar-refractivity contribution in [1.29, 1.82) is 0 Å². The van der Waals surface area contributed by atoms with E-state index < -0.39 is 10.0 Å². The molecule has 9 nitrogen and oxygen atoms in total. The summed E-state index contributed by atoms with van der Waals surface area (Å²) in [6.07, 6.45) is 7.27. The molecule has 1 spiro atoms. The molecule has 6 rings (SSSR count). The number of ether oxygens (including phenoxy) is 1. The zero-order valence-corrected chi connectivity index (χ0v) is 22.8. The van der Waals surface area contributed by atoms with Crippen LogP contribution < -0.4 is 19.8 Å². The highest BCUT2D eigenvalue weighted by Crippen LogP contribution is 2.54. The van der Waals surface area contributed by atoms with E-state index in [0.29, 0.717) is 41.9 Å². The van der Waals surface area contributed by atoms with Gasteiger partial charge in [0.1, 0.15) is 11.6 Å². The van der Waals surface area contributed by atoms with Gasteiger partial charge in [-0.25, -0.2) is 13.4 Å². The SMILES string of the molecule is C[C@@H]1CN(c2cccc(NC(=O)c3ccc(NS(=O)(=O)C4CCC4)cc3N3CCC4(CC3)CC4)n2)CCO1. The van der Waals surface area contributed by atoms with Gasteiger partial charge in [0, 0.05) is 26.2 Å². The van der Waals surface area contributed by atoms with Gasteiger partial charge < -0.3 is 19.9 Å². The Morgan fingerprint density at radius 2 is 1.84 bits per heavy atom. The van der Waals surface area contributed by atoms with Crippen molar-refractivity contribution < 1.29 is 17.9 Å². The van der Waals surface area contributed by atoms with Gasteiger partial charge in [-0.3, -0.25) is 9.52 Å². The Balaban J connectivity index is 1.24. The lowest BCUT2D eigenvalue weighted by molar-refractivity contribution is 0.0529. The first-order chi connectivity index (χ1) is 18.3. The Bertz CT molecular complexity index is 1300. The van der Waals surface area contributed by atoms with Gasteiger partial charge in [0.25, 0.3) is 5.91 Å². The zero-order valence-electron chi connectivity index (χ0n) is 22.0. The van der Waals surface area contributed by atoms with Crippen LogP contribution in [0, 0.1) is 5.41 Å². The molecule has 2 saturated carbocycles. The van der Waals surface area contributed by atoms with Crippen LogP contribution in [0.25, 0.3) is 0 Å². The highest BCUT2D eigenvalue weighted by atomic mass is 32.2. The number of nitrogens with zero attached hydrogens (tertiary/aromatic N) is 3. The molecule has 2 saturated heterocycles. The summed E-state index contributed by atoms with van der Waals surface area (Å²) in [5, 5.41) is 2.66. The van der Waals surface area contributed by atoms with Gasteiger partial charge in [-0.15, -0.1) is 0 Å². The van der Waals surface area contributed by atoms with Gasteiger partial charge in [-0.1, -0.05) is 12.5 Å². The van der Waals surface area contributed by atoms with Crippen LogP contribution in [0.2, 0.25) is 0 Å². The summed E-state index contributed by atoms with van der Waals surface area (Å²) in [6, 6.07) is 10.9. The number of anilines is 4. The second-order valence-corrected chi connectivity index (χ2v) is 13.3. The van der Waals surface area contributed by atoms with Crippen LogP contribution >= 0.6 is 0 Å². The van der Waals surface area contributed by atoms with E-state index in [9.17, 15) is 13.2 Å². The Hall–Kier alpha value is -2.85. The van der Waals surface area contributed by atoms with Gasteiger partial charge in [-0.2, -0.15) is 0 Å². The largest absolute Gasteiger partial charge is 0.375 e. The molecule has 1 amide bonds. The topological polar surface area (TPSA) is 104 Å². The first-order valence-electron chi connectivity index (χ1n) is 13.9. The van der Waals surface area contributed by atoms with Crippen molar-refractivity contribution in [1.82, 2.24) is 4.98 Å². The van der Waals surface area contributed by atoms with Crippen LogP contribution in [-0.4, -0.2) is 63.4 Å². The van der Waals surface area contributed by atoms with E-state index in [2.05, 4.69) is 19.8 Å². The molecule has 2 aromatic rings. The van der Waals surface area contributed by atoms with E-state index in [1.807, 2.05) is 25.1 Å². The summed E-state index contributed by atoms with van der Waals surface area (Å²) < 4.78 is 34.0. The van der Waals surface area contributed by atoms with Gasteiger partial charge >= 0.3 is 0 Å². The molecule has 1 aromatic heterocycles. The van der Waals surface area contributed by atoms with E-state index in [0.717, 1.165) is 56.9 Å². The maximum absolute atomic E-state index is 13.6. The summed E-state index contributed by atoms with van der Waals surface area (Å²) in [4.78, 5) is 22.7. The number of nitrogens with one attached hydrogen (secondary N) is 2. The van der Waals surface area contributed by atoms with Crippen molar-refractivity contribution in [3.63, 3.8) is 0 Å². The predicted molar refractivity (Wildman–Crippen MR) is 150 cm³/mol. The summed E-state index contributed by atoms with van der Waals surface area (Å²) in [6.45, 7) is 5.93. The second kappa shape index (κ2) is 10.0. The van der Waals surface area contributed by atoms with Crippen molar-refractivity contribution in [3.8, 4) is 0 Å². The van der Waals surface area contributed by atoms with Gasteiger partial charge in [-0.05, 0) is 81.2 Å². The number of carbonyl (C=O) groups is 1. The average Bonchev–Trinajstić information content (AvgIpc) is 3.61. The molecule has 204 valence electrons. The van der Waals surface area contributed by atoms with Crippen molar-refractivity contribution in [2.45, 2.75) is 63.2 Å². The van der Waals surface area contributed by atoms with Crippen molar-refractivity contribution in [2.75, 3.05) is 52.6 Å². The van der Waals surface area contributed by atoms with Crippen molar-refractivity contribution in [2.24, 2.45) is 5.41 Å². The van der Waals surface area contributed by atoms with Crippen LogP contribution in [0.3, 0.4) is 0 Å². The number of sulfonamides is 1. The molecule has 0 unspecified atom stereocenters. The van der Waals surface area contributed by atoms with Crippen molar-refractivity contribution in [3.05, 3.63) is 42.0 Å². The molecule has 0 bridgehead atoms. The third-order valence-corrected chi connectivity index (χ3v) is 10.5. The number of aromatic nitrogens is 1. The first kappa shape index (κ1) is 25.4. The fourth-order valence-corrected chi connectivity index (χ4v) is 7.33. The number of pyridine rings is 1. The number of piperidine rings is 1. The minimum atomic E-state index is -3.43. The number of morpholine rings is 1. The maximum Gasteiger partial charge on any atom is 0.258 e. The summed E-state index contributed by atoms with van der Waals surface area (Å²) in [5.74, 6) is 1.05. The highest BCUT2D eigenvalue weighted by Gasteiger charge is 2.44. The maximum atomic E-state index is 13.6. The standard InChI is InChI=1S/C28H37N5O4S/c1-20-19-33(16-17-37-20)26-7-3-6-25(29-26)30-27(34)23-9-8-21(31-38(35,36)22-4-2-5-22)18-24(23)32-14-12-28(10-11-28)13-15-32/h3,6-9,18,20,22,31H,2,4-5,10-17,19H2,1H3,(H,29,30,34)/t20-/m1/s1. The molecule has 1 atom stereocenters. The molecule has 3 heterocycles. The number of rotatable bonds is 7. The molecular weight excluding hydrogens is 502 g/mol. The van der Waals surface area contributed by atoms with E-state index >= 15 is 0 Å². The lowest BCUT2D eigenvalue weighted by Gasteiger charge is -2.35. The van der Waals surface area contributed by atoms with E-state index in [-0.39, 0.29) is 17.3 Å². The summed E-state index contributed by atoms with van der Waals surface area (Å²) >= 11 is 0. The van der Waals surface area contributed by atoms with Gasteiger partial charge in [0.2, 0.25) is 10.0 Å². The normalized spacial score (nSPS) is 23.1. The molecule has 38 heavy (non-hydrogen) atoms. The zero-order chi connectivity index (χ0) is 26.3. The number of hydrogen-bond acceptors (Lipinski definition) is 7. The molecular formula is C28H37N5O4S. The monoisotopic (exact) mass is 539 g/mol. The Morgan fingerprint density at radius 1 is 1.05 bits per heavy atom. The van der Waals surface area contributed by atoms with Crippen LogP contribution in [0.15, 0.2) is 36.4 Å². The highest BCUT2D eigenvalue weighted by molar-refractivity contribution is 7.93. The lowest BCUT2D eigenvalue weighted by atomic mass is 9.93. The van der Waals surface area contributed by atoms with E-state index in [1.54, 1.807) is 18.2 Å². The Morgan fingerprint density at radius 3 is 2.53 bits per heavy atom. The number of hydrogen-bond donors (Lipinski definition) is 2. The fourth-order valence-electron chi connectivity index (χ4n) is 5.76. The number of carbonyl (C=O) groups excluding carboxylic acids is 1. The van der Waals surface area contributed by atoms with Crippen LogP contribution in [0.1, 0.15) is 62.2 Å². The smallest absolute Gasteiger partial charge is 0.258 e. The predicted octanol–water partition coefficient (Wildman–Crippen LogP) is 4.23. The summed E-state index contributed by atoms with van der Waals surface area (Å²) in [7, 11) is -3.43. The van der Waals surface area contributed by atoms with Crippen LogP contribution in [0.4, 0.5) is 23.0 Å². The molecule has 4 aliphatic rings. The Kier molecular flexibility index (Phi) is 6.72. The van der Waals surface area contributed by atoms with Gasteiger partial charge in [0.05, 0.1) is 34.9 Å². The molecule has 2 aliphatic carbocycles. The summed E-state index contributed by atoms with van der Waals surface area (Å²) in [5.41, 5.74) is 2.29. The van der Waals surface area contributed by atoms with Gasteiger partial charge in [0.15, 0.2) is 0 Å². The van der Waals surface area contributed by atoms with E-state index in [4.69, 9.17) is 9.72 Å². The minimum Gasteiger partial charge on any atom is -0.375 e. The fraction of sp³-hybridized carbons (Fsp3) is 0.571. The minimum absolute atomic E-state index is 0.130. The molecule has 1 aromatic carbocycles. The van der Waals surface area contributed by atoms with Crippen LogP contribution in [-0.2, 0) is 14.8 Å². The molecule has 4 fully saturated rings. The lowest BCUT2D eigenvalue weighted by Crippen LogP contribution is -2.41. The second-order valence-electron chi connectivity index (χ2n) is 11.4. The first-order valence-corrected chi connectivity index (χ1v) is 15.4. The quantitative estimate of drug-likeness (QED) is 0.543. The third-order valence-electron chi connectivity index (χ3n) is 8.66. The number of benzene rings is 1. The molecule has 0 radical (unpaired) electrons. The molecule has 2 aliphatic heterocycles. The van der Waals surface area contributed by atoms with Crippen LogP contribution in [0.5, 0.6) is 0 Å². The third kappa shape index (κ3) is 5.33. The number of amides is 1.